The zero-order chi connectivity index (χ0) is 15.4. The molecule has 0 aliphatic heterocycles. The molecule has 0 saturated heterocycles. The van der Waals surface area contributed by atoms with Crippen molar-refractivity contribution < 1.29 is 0 Å². The Morgan fingerprint density at radius 1 is 0.381 bits per heavy atom. The summed E-state index contributed by atoms with van der Waals surface area (Å²) in [6.45, 7) is 4.60. The highest BCUT2D eigenvalue weighted by atomic mass is 31.1. The molecule has 0 bridgehead atoms. The molecule has 1 heteroatoms. The second-order valence-electron chi connectivity index (χ2n) is 6.70. The van der Waals surface area contributed by atoms with E-state index in [2.05, 4.69) is 13.8 Å². The van der Waals surface area contributed by atoms with E-state index in [1.54, 1.807) is 0 Å². The lowest BCUT2D eigenvalue weighted by Crippen LogP contribution is -1.85. The Labute approximate surface area is 138 Å². The van der Waals surface area contributed by atoms with Gasteiger partial charge >= 0.3 is 0 Å². The monoisotopic (exact) mass is 314 g/mol. The van der Waals surface area contributed by atoms with Gasteiger partial charge in [-0.25, -0.2) is 0 Å². The third-order valence-electron chi connectivity index (χ3n) is 4.41. The first-order valence-corrected chi connectivity index (χ1v) is 11.5. The summed E-state index contributed by atoms with van der Waals surface area (Å²) in [6, 6.07) is 0. The van der Waals surface area contributed by atoms with Crippen molar-refractivity contribution in [3.8, 4) is 0 Å². The molecule has 0 fully saturated rings. The number of hydrogen-bond acceptors (Lipinski definition) is 0. The molecule has 0 rings (SSSR count). The molecule has 0 aromatic rings. The fraction of sp³-hybridized carbons (Fsp3) is 1.00. The van der Waals surface area contributed by atoms with Crippen molar-refractivity contribution in [2.45, 2.75) is 117 Å². The smallest absolute Gasteiger partial charge is 0.0353 e. The van der Waals surface area contributed by atoms with E-state index in [0.717, 1.165) is 0 Å². The van der Waals surface area contributed by atoms with Crippen LogP contribution < -0.4 is 0 Å². The van der Waals surface area contributed by atoms with Gasteiger partial charge in [-0.2, -0.15) is 0 Å². The van der Waals surface area contributed by atoms with Gasteiger partial charge in [0.15, 0.2) is 0 Å². The predicted molar refractivity (Wildman–Crippen MR) is 103 cm³/mol. The third-order valence-corrected chi connectivity index (χ3v) is 5.83. The number of hydrogen-bond donors (Lipinski definition) is 0. The van der Waals surface area contributed by atoms with Gasteiger partial charge in [0, 0.05) is 0 Å². The fourth-order valence-corrected chi connectivity index (χ4v) is 4.14. The van der Waals surface area contributed by atoms with E-state index in [9.17, 15) is 0 Å². The second-order valence-corrected chi connectivity index (χ2v) is 8.20. The molecular weight excluding hydrogens is 271 g/mol. The molecule has 0 heterocycles. The van der Waals surface area contributed by atoms with Crippen LogP contribution in [0.3, 0.4) is 0 Å². The van der Waals surface area contributed by atoms with E-state index in [0.29, 0.717) is 0 Å². The lowest BCUT2D eigenvalue weighted by Gasteiger charge is -2.03. The average Bonchev–Trinajstić information content (AvgIpc) is 2.50. The molecule has 0 aromatic heterocycles. The molecule has 0 N–H and O–H groups in total. The Hall–Kier alpha value is 0.430. The molecule has 0 nitrogen and oxygen atoms in total. The number of rotatable bonds is 18. The maximum atomic E-state index is 2.30. The first-order chi connectivity index (χ1) is 10.4. The van der Waals surface area contributed by atoms with Crippen molar-refractivity contribution in [2.75, 3.05) is 12.3 Å². The van der Waals surface area contributed by atoms with Crippen LogP contribution in [-0.2, 0) is 0 Å². The Bertz CT molecular complexity index is 149. The summed E-state index contributed by atoms with van der Waals surface area (Å²) in [7, 11) is 1.26. The van der Waals surface area contributed by atoms with E-state index < -0.39 is 0 Å². The maximum absolute atomic E-state index is 2.30. The molecule has 0 atom stereocenters. The summed E-state index contributed by atoms with van der Waals surface area (Å²) >= 11 is 0. The standard InChI is InChI=1S/C20H43P/c1-3-5-7-9-11-13-15-17-19-21-20-18-16-14-12-10-8-6-4-2/h21H,3-20H2,1-2H3. The molecule has 0 unspecified atom stereocenters. The minimum Gasteiger partial charge on any atom is -0.122 e. The van der Waals surface area contributed by atoms with Crippen molar-refractivity contribution in [1.29, 1.82) is 0 Å². The first kappa shape index (κ1) is 21.4. The van der Waals surface area contributed by atoms with Gasteiger partial charge in [-0.05, 0) is 25.2 Å². The quantitative estimate of drug-likeness (QED) is 0.178. The van der Waals surface area contributed by atoms with Crippen LogP contribution >= 0.6 is 8.58 Å². The van der Waals surface area contributed by atoms with Crippen molar-refractivity contribution in [2.24, 2.45) is 0 Å². The summed E-state index contributed by atoms with van der Waals surface area (Å²) in [5.41, 5.74) is 0. The Balaban J connectivity index is 2.90. The van der Waals surface area contributed by atoms with Gasteiger partial charge in [-0.1, -0.05) is 104 Å². The Morgan fingerprint density at radius 3 is 1.00 bits per heavy atom. The van der Waals surface area contributed by atoms with Gasteiger partial charge in [-0.15, -0.1) is 8.58 Å². The summed E-state index contributed by atoms with van der Waals surface area (Å²) < 4.78 is 0. The van der Waals surface area contributed by atoms with Gasteiger partial charge in [0.25, 0.3) is 0 Å². The van der Waals surface area contributed by atoms with Gasteiger partial charge in [0.05, 0.1) is 0 Å². The molecule has 0 radical (unpaired) electrons. The van der Waals surface area contributed by atoms with Gasteiger partial charge in [-0.3, -0.25) is 0 Å². The van der Waals surface area contributed by atoms with Crippen LogP contribution in [0.2, 0.25) is 0 Å². The highest BCUT2D eigenvalue weighted by Crippen LogP contribution is 2.18. The summed E-state index contributed by atoms with van der Waals surface area (Å²) in [5.74, 6) is 0. The van der Waals surface area contributed by atoms with Crippen LogP contribution in [0.15, 0.2) is 0 Å². The van der Waals surface area contributed by atoms with Crippen LogP contribution in [-0.4, -0.2) is 12.3 Å². The summed E-state index contributed by atoms with van der Waals surface area (Å²) in [4.78, 5) is 0. The molecule has 0 amide bonds. The summed E-state index contributed by atoms with van der Waals surface area (Å²) in [5, 5.41) is 0. The van der Waals surface area contributed by atoms with Gasteiger partial charge < -0.3 is 0 Å². The van der Waals surface area contributed by atoms with Gasteiger partial charge in [0.1, 0.15) is 0 Å². The zero-order valence-electron chi connectivity index (χ0n) is 15.2. The van der Waals surface area contributed by atoms with E-state index in [1.807, 2.05) is 0 Å². The zero-order valence-corrected chi connectivity index (χ0v) is 16.2. The van der Waals surface area contributed by atoms with Crippen LogP contribution in [0.4, 0.5) is 0 Å². The SMILES string of the molecule is CCCCCCCCCCPCCCCCCCCCC. The van der Waals surface area contributed by atoms with E-state index >= 15 is 0 Å². The van der Waals surface area contributed by atoms with Gasteiger partial charge in [0.2, 0.25) is 0 Å². The van der Waals surface area contributed by atoms with Crippen molar-refractivity contribution >= 4 is 8.58 Å². The maximum Gasteiger partial charge on any atom is -0.0353 e. The third kappa shape index (κ3) is 20.4. The lowest BCUT2D eigenvalue weighted by atomic mass is 10.1. The second kappa shape index (κ2) is 20.4. The van der Waals surface area contributed by atoms with Crippen molar-refractivity contribution in [3.63, 3.8) is 0 Å². The van der Waals surface area contributed by atoms with Crippen molar-refractivity contribution in [3.05, 3.63) is 0 Å². The highest BCUT2D eigenvalue weighted by Gasteiger charge is 1.94. The molecule has 0 saturated carbocycles. The fourth-order valence-electron chi connectivity index (χ4n) is 2.89. The first-order valence-electron chi connectivity index (χ1n) is 10.1. The largest absolute Gasteiger partial charge is 0.122 e. The minimum absolute atomic E-state index is 1.26. The molecule has 0 aliphatic rings. The van der Waals surface area contributed by atoms with Crippen LogP contribution in [0, 0.1) is 0 Å². The predicted octanol–water partition coefficient (Wildman–Crippen LogP) is 7.95. The molecule has 128 valence electrons. The molecule has 0 aromatic carbocycles. The van der Waals surface area contributed by atoms with E-state index in [-0.39, 0.29) is 0 Å². The number of unbranched alkanes of at least 4 members (excludes halogenated alkanes) is 14. The van der Waals surface area contributed by atoms with E-state index in [4.69, 9.17) is 0 Å². The van der Waals surface area contributed by atoms with E-state index in [1.165, 1.54) is 124 Å². The Morgan fingerprint density at radius 2 is 0.667 bits per heavy atom. The lowest BCUT2D eigenvalue weighted by molar-refractivity contribution is 0.584. The molecule has 0 spiro atoms. The molecule has 21 heavy (non-hydrogen) atoms. The van der Waals surface area contributed by atoms with Crippen LogP contribution in [0.5, 0.6) is 0 Å². The topological polar surface area (TPSA) is 0 Å². The minimum atomic E-state index is 1.26. The summed E-state index contributed by atoms with van der Waals surface area (Å²) in [6.07, 6.45) is 26.5. The average molecular weight is 315 g/mol. The van der Waals surface area contributed by atoms with Crippen molar-refractivity contribution in [1.82, 2.24) is 0 Å². The molecular formula is C20H43P. The Kier molecular flexibility index (Phi) is 20.8. The van der Waals surface area contributed by atoms with Crippen LogP contribution in [0.25, 0.3) is 0 Å². The van der Waals surface area contributed by atoms with Crippen LogP contribution in [0.1, 0.15) is 117 Å². The highest BCUT2D eigenvalue weighted by molar-refractivity contribution is 7.37. The molecule has 0 aliphatic carbocycles. The normalized spacial score (nSPS) is 11.1.